The average molecular weight is 569 g/mol. The number of carbonyl (C=O) groups excluding carboxylic acids is 1. The number of aliphatic hydroxyl groups is 5. The van der Waals surface area contributed by atoms with Crippen LogP contribution in [0.3, 0.4) is 0 Å². The zero-order chi connectivity index (χ0) is 29.6. The van der Waals surface area contributed by atoms with Crippen LogP contribution in [0, 0.1) is 0 Å². The van der Waals surface area contributed by atoms with Crippen molar-refractivity contribution in [3.8, 4) is 28.7 Å². The van der Waals surface area contributed by atoms with Crippen molar-refractivity contribution in [2.45, 2.75) is 43.1 Å². The topological polar surface area (TPSA) is 214 Å². The number of ether oxygens (including phenoxy) is 6. The second-order valence-electron chi connectivity index (χ2n) is 8.65. The van der Waals surface area contributed by atoms with Crippen molar-refractivity contribution in [2.24, 2.45) is 0 Å². The fraction of sp³-hybridized carbons (Fsp3) is 0.423. The number of esters is 1. The first-order valence-corrected chi connectivity index (χ1v) is 11.9. The largest absolute Gasteiger partial charge is 0.504 e. The summed E-state index contributed by atoms with van der Waals surface area (Å²) in [5.41, 5.74) is 0.525. The molecule has 0 spiro atoms. The minimum absolute atomic E-state index is 0.0239. The van der Waals surface area contributed by atoms with E-state index in [0.29, 0.717) is 5.56 Å². The smallest absolute Gasteiger partial charge is 0.330 e. The number of aliphatic hydroxyl groups excluding tert-OH is 5. The zero-order valence-electron chi connectivity index (χ0n) is 21.8. The molecule has 14 heteroatoms. The number of aromatic hydroxyl groups is 2. The van der Waals surface area contributed by atoms with Gasteiger partial charge in [-0.2, -0.15) is 0 Å². The summed E-state index contributed by atoms with van der Waals surface area (Å²) in [5.74, 6) is -1.03. The number of carbonyl (C=O) groups is 1. The SMILES string of the molecule is COc1cc(C(O)C(O)OC2OC(COC(=O)C=Cc3cc(OC)c(O)c(OC)c3)C(O)C(O)C2O)ccc1O. The van der Waals surface area contributed by atoms with Gasteiger partial charge in [0.25, 0.3) is 0 Å². The number of benzene rings is 2. The first-order chi connectivity index (χ1) is 19.0. The summed E-state index contributed by atoms with van der Waals surface area (Å²) in [6.45, 7) is -0.579. The normalized spacial score (nSPS) is 24.4. The summed E-state index contributed by atoms with van der Waals surface area (Å²) >= 11 is 0. The van der Waals surface area contributed by atoms with Crippen LogP contribution >= 0.6 is 0 Å². The molecule has 0 bridgehead atoms. The second kappa shape index (κ2) is 13.6. The molecular weight excluding hydrogens is 536 g/mol. The molecular formula is C26H32O14. The van der Waals surface area contributed by atoms with E-state index in [4.69, 9.17) is 28.4 Å². The van der Waals surface area contributed by atoms with Gasteiger partial charge in [-0.3, -0.25) is 0 Å². The number of phenolic OH excluding ortho intramolecular Hbond substituents is 2. The predicted octanol–water partition coefficient (Wildman–Crippen LogP) is -0.444. The van der Waals surface area contributed by atoms with Crippen LogP contribution in [0.2, 0.25) is 0 Å². The van der Waals surface area contributed by atoms with Gasteiger partial charge >= 0.3 is 5.97 Å². The van der Waals surface area contributed by atoms with Gasteiger partial charge in [0, 0.05) is 6.08 Å². The molecule has 7 N–H and O–H groups in total. The Morgan fingerprint density at radius 2 is 1.55 bits per heavy atom. The van der Waals surface area contributed by atoms with Crippen LogP contribution in [0.5, 0.6) is 28.7 Å². The average Bonchev–Trinajstić information content (AvgIpc) is 2.95. The van der Waals surface area contributed by atoms with E-state index in [-0.39, 0.29) is 34.3 Å². The van der Waals surface area contributed by atoms with Crippen molar-refractivity contribution >= 4 is 12.0 Å². The molecule has 1 aliphatic heterocycles. The highest BCUT2D eigenvalue weighted by Crippen LogP contribution is 2.37. The van der Waals surface area contributed by atoms with E-state index >= 15 is 0 Å². The molecule has 0 aromatic heterocycles. The van der Waals surface area contributed by atoms with Gasteiger partial charge in [0.15, 0.2) is 35.6 Å². The minimum atomic E-state index is -1.98. The standard InChI is InChI=1S/C26H32O14/c1-35-15-10-13(5-6-14(15)27)20(29)25(34)40-26-24(33)23(32)22(31)18(39-26)11-38-19(28)7-4-12-8-16(36-2)21(30)17(9-12)37-3/h4-10,18,20,22-27,29-34H,11H2,1-3H3. The van der Waals surface area contributed by atoms with Crippen molar-refractivity contribution in [1.82, 2.24) is 0 Å². The monoisotopic (exact) mass is 568 g/mol. The number of hydrogen-bond donors (Lipinski definition) is 7. The predicted molar refractivity (Wildman–Crippen MR) is 135 cm³/mol. The molecule has 0 aliphatic carbocycles. The summed E-state index contributed by atoms with van der Waals surface area (Å²) < 4.78 is 30.8. The Morgan fingerprint density at radius 1 is 0.925 bits per heavy atom. The highest BCUT2D eigenvalue weighted by molar-refractivity contribution is 5.87. The van der Waals surface area contributed by atoms with E-state index in [0.717, 1.165) is 6.08 Å². The molecule has 7 unspecified atom stereocenters. The number of rotatable bonds is 11. The molecule has 1 aliphatic rings. The van der Waals surface area contributed by atoms with Gasteiger partial charge in [-0.1, -0.05) is 6.07 Å². The van der Waals surface area contributed by atoms with Gasteiger partial charge in [-0.05, 0) is 41.5 Å². The van der Waals surface area contributed by atoms with Gasteiger partial charge in [0.1, 0.15) is 37.1 Å². The maximum absolute atomic E-state index is 12.3. The van der Waals surface area contributed by atoms with Gasteiger partial charge in [-0.15, -0.1) is 0 Å². The van der Waals surface area contributed by atoms with Crippen molar-refractivity contribution in [3.63, 3.8) is 0 Å². The van der Waals surface area contributed by atoms with Crippen molar-refractivity contribution in [2.75, 3.05) is 27.9 Å². The lowest BCUT2D eigenvalue weighted by Gasteiger charge is -2.40. The molecule has 1 heterocycles. The number of methoxy groups -OCH3 is 3. The molecule has 3 rings (SSSR count). The quantitative estimate of drug-likeness (QED) is 0.104. The summed E-state index contributed by atoms with van der Waals surface area (Å²) in [7, 11) is 3.98. The van der Waals surface area contributed by atoms with Crippen LogP contribution < -0.4 is 14.2 Å². The molecule has 2 aromatic carbocycles. The summed E-state index contributed by atoms with van der Waals surface area (Å²) in [6, 6.07) is 6.67. The molecule has 0 radical (unpaired) electrons. The molecule has 0 saturated carbocycles. The Kier molecular flexibility index (Phi) is 10.5. The Morgan fingerprint density at radius 3 is 2.15 bits per heavy atom. The molecule has 1 saturated heterocycles. The Balaban J connectivity index is 1.63. The van der Waals surface area contributed by atoms with Gasteiger partial charge in [0.2, 0.25) is 5.75 Å². The summed E-state index contributed by atoms with van der Waals surface area (Å²) in [5, 5.41) is 71.3. The molecule has 7 atom stereocenters. The molecule has 220 valence electrons. The lowest BCUT2D eigenvalue weighted by Crippen LogP contribution is -2.60. The Hall–Kier alpha value is -3.63. The van der Waals surface area contributed by atoms with E-state index in [1.165, 1.54) is 57.7 Å². The van der Waals surface area contributed by atoms with Crippen molar-refractivity contribution in [3.05, 3.63) is 47.5 Å². The first-order valence-electron chi connectivity index (χ1n) is 11.9. The van der Waals surface area contributed by atoms with E-state index in [9.17, 15) is 40.5 Å². The van der Waals surface area contributed by atoms with E-state index in [2.05, 4.69) is 0 Å². The number of hydrogen-bond acceptors (Lipinski definition) is 14. The van der Waals surface area contributed by atoms with Crippen LogP contribution in [0.1, 0.15) is 17.2 Å². The maximum atomic E-state index is 12.3. The highest BCUT2D eigenvalue weighted by atomic mass is 16.8. The Labute approximate surface area is 228 Å². The molecule has 2 aromatic rings. The lowest BCUT2D eigenvalue weighted by molar-refractivity contribution is -0.342. The van der Waals surface area contributed by atoms with Crippen LogP contribution in [0.4, 0.5) is 0 Å². The van der Waals surface area contributed by atoms with Crippen LogP contribution in [-0.4, -0.2) is 107 Å². The third kappa shape index (κ3) is 7.11. The van der Waals surface area contributed by atoms with Crippen molar-refractivity contribution in [1.29, 1.82) is 0 Å². The second-order valence-corrected chi connectivity index (χ2v) is 8.65. The maximum Gasteiger partial charge on any atom is 0.330 e. The highest BCUT2D eigenvalue weighted by Gasteiger charge is 2.46. The van der Waals surface area contributed by atoms with E-state index in [1.54, 1.807) is 0 Å². The molecule has 14 nitrogen and oxygen atoms in total. The molecule has 40 heavy (non-hydrogen) atoms. The Bertz CT molecular complexity index is 1160. The minimum Gasteiger partial charge on any atom is -0.504 e. The zero-order valence-corrected chi connectivity index (χ0v) is 21.8. The fourth-order valence-corrected chi connectivity index (χ4v) is 3.81. The third-order valence-electron chi connectivity index (χ3n) is 6.06. The van der Waals surface area contributed by atoms with Crippen molar-refractivity contribution < 1.29 is 69.0 Å². The molecule has 1 fully saturated rings. The fourth-order valence-electron chi connectivity index (χ4n) is 3.81. The van der Waals surface area contributed by atoms with Gasteiger partial charge < -0.3 is 64.2 Å². The molecule has 0 amide bonds. The van der Waals surface area contributed by atoms with E-state index < -0.39 is 55.7 Å². The van der Waals surface area contributed by atoms with E-state index in [1.807, 2.05) is 0 Å². The third-order valence-corrected chi connectivity index (χ3v) is 6.06. The summed E-state index contributed by atoms with van der Waals surface area (Å²) in [4.78, 5) is 12.3. The van der Waals surface area contributed by atoms with Crippen LogP contribution in [-0.2, 0) is 19.0 Å². The lowest BCUT2D eigenvalue weighted by atomic mass is 9.99. The van der Waals surface area contributed by atoms with Gasteiger partial charge in [0.05, 0.1) is 21.3 Å². The summed E-state index contributed by atoms with van der Waals surface area (Å²) in [6.07, 6.45) is -9.73. The van der Waals surface area contributed by atoms with Gasteiger partial charge in [-0.25, -0.2) is 4.79 Å². The van der Waals surface area contributed by atoms with Crippen LogP contribution in [0.25, 0.3) is 6.08 Å². The first kappa shape index (κ1) is 30.9. The number of phenols is 2. The van der Waals surface area contributed by atoms with Crippen LogP contribution in [0.15, 0.2) is 36.4 Å².